The second-order valence-electron chi connectivity index (χ2n) is 6.92. The van der Waals surface area contributed by atoms with Crippen LogP contribution in [0.1, 0.15) is 5.56 Å². The number of nitrogens with one attached hydrogen (secondary N) is 1. The lowest BCUT2D eigenvalue weighted by molar-refractivity contribution is -0.143. The normalized spacial score (nSPS) is 27.3. The number of methoxy groups -OCH3 is 1. The third kappa shape index (κ3) is 3.13. The van der Waals surface area contributed by atoms with Crippen LogP contribution in [-0.4, -0.2) is 79.0 Å². The lowest BCUT2D eigenvalue weighted by Gasteiger charge is -2.33. The van der Waals surface area contributed by atoms with E-state index in [1.54, 1.807) is 11.8 Å². The van der Waals surface area contributed by atoms with E-state index in [4.69, 9.17) is 4.74 Å². The molecule has 23 heavy (non-hydrogen) atoms. The topological polar surface area (TPSA) is 62.6 Å². The number of nitrogens with zero attached hydrogens (tertiary/aromatic N) is 4. The van der Waals surface area contributed by atoms with Crippen LogP contribution in [0.4, 0.5) is 0 Å². The highest BCUT2D eigenvalue weighted by Gasteiger charge is 2.55. The minimum Gasteiger partial charge on any atom is -0.383 e. The number of carbonyl (C=O) groups excluding carboxylic acids is 1. The summed E-state index contributed by atoms with van der Waals surface area (Å²) in [4.78, 5) is 17.6. The molecule has 2 saturated heterocycles. The molecule has 2 aliphatic heterocycles. The second kappa shape index (κ2) is 6.59. The van der Waals surface area contributed by atoms with Gasteiger partial charge in [-0.3, -0.25) is 9.48 Å². The van der Waals surface area contributed by atoms with E-state index in [2.05, 4.69) is 22.4 Å². The molecule has 2 fully saturated rings. The number of hydrogen-bond donors (Lipinski definition) is 1. The van der Waals surface area contributed by atoms with E-state index in [-0.39, 0.29) is 11.3 Å². The molecule has 128 valence electrons. The maximum atomic E-state index is 13.4. The fourth-order valence-electron chi connectivity index (χ4n) is 4.02. The monoisotopic (exact) mass is 321 g/mol. The van der Waals surface area contributed by atoms with Crippen LogP contribution in [0.15, 0.2) is 12.4 Å². The zero-order valence-electron chi connectivity index (χ0n) is 14.3. The van der Waals surface area contributed by atoms with Gasteiger partial charge in [-0.1, -0.05) is 0 Å². The molecule has 0 radical (unpaired) electrons. The number of rotatable bonds is 6. The summed E-state index contributed by atoms with van der Waals surface area (Å²) in [7, 11) is 5.68. The van der Waals surface area contributed by atoms with Crippen molar-refractivity contribution in [2.75, 3.05) is 53.5 Å². The number of aryl methyl sites for hydroxylation is 1. The summed E-state index contributed by atoms with van der Waals surface area (Å²) in [5.74, 6) is 0.650. The highest BCUT2D eigenvalue weighted by Crippen LogP contribution is 2.40. The standard InChI is InChI=1S/C16H27N5O2/c1-19-10-14-7-17-11-16(14,12-19)15(22)21(4-5-23-3)9-13-6-18-20(2)8-13/h6,8,14,17H,4-5,7,9-12H2,1-3H3/t14-,16-/m1/s1. The predicted octanol–water partition coefficient (Wildman–Crippen LogP) is -0.454. The van der Waals surface area contributed by atoms with E-state index in [0.717, 1.165) is 31.7 Å². The van der Waals surface area contributed by atoms with Crippen molar-refractivity contribution in [2.24, 2.45) is 18.4 Å². The van der Waals surface area contributed by atoms with E-state index < -0.39 is 0 Å². The van der Waals surface area contributed by atoms with Crippen molar-refractivity contribution < 1.29 is 9.53 Å². The minimum absolute atomic E-state index is 0.248. The van der Waals surface area contributed by atoms with Crippen LogP contribution in [-0.2, 0) is 23.1 Å². The van der Waals surface area contributed by atoms with Gasteiger partial charge < -0.3 is 19.9 Å². The fraction of sp³-hybridized carbons (Fsp3) is 0.750. The highest BCUT2D eigenvalue weighted by molar-refractivity contribution is 5.84. The maximum absolute atomic E-state index is 13.4. The zero-order chi connectivity index (χ0) is 16.4. The molecule has 1 amide bonds. The Morgan fingerprint density at radius 2 is 2.39 bits per heavy atom. The van der Waals surface area contributed by atoms with Crippen LogP contribution in [0.5, 0.6) is 0 Å². The highest BCUT2D eigenvalue weighted by atomic mass is 16.5. The molecule has 1 aromatic rings. The Morgan fingerprint density at radius 1 is 1.57 bits per heavy atom. The number of ether oxygens (including phenoxy) is 1. The van der Waals surface area contributed by atoms with Gasteiger partial charge in [0.05, 0.1) is 18.2 Å². The van der Waals surface area contributed by atoms with Gasteiger partial charge in [0, 0.05) is 71.1 Å². The first-order valence-corrected chi connectivity index (χ1v) is 8.20. The Labute approximate surface area is 137 Å². The lowest BCUT2D eigenvalue weighted by Crippen LogP contribution is -2.49. The predicted molar refractivity (Wildman–Crippen MR) is 86.8 cm³/mol. The third-order valence-corrected chi connectivity index (χ3v) is 5.11. The summed E-state index contributed by atoms with van der Waals surface area (Å²) in [5, 5.41) is 7.63. The average Bonchev–Trinajstić information content (AvgIpc) is 3.17. The van der Waals surface area contributed by atoms with E-state index >= 15 is 0 Å². The van der Waals surface area contributed by atoms with Crippen molar-refractivity contribution in [2.45, 2.75) is 6.54 Å². The smallest absolute Gasteiger partial charge is 0.232 e. The first-order chi connectivity index (χ1) is 11.0. The molecule has 7 heteroatoms. The van der Waals surface area contributed by atoms with Crippen LogP contribution in [0, 0.1) is 11.3 Å². The van der Waals surface area contributed by atoms with Crippen molar-refractivity contribution in [1.29, 1.82) is 0 Å². The molecule has 0 aliphatic carbocycles. The van der Waals surface area contributed by atoms with Gasteiger partial charge in [0.25, 0.3) is 0 Å². The van der Waals surface area contributed by atoms with E-state index in [0.29, 0.717) is 25.6 Å². The van der Waals surface area contributed by atoms with Crippen LogP contribution < -0.4 is 5.32 Å². The number of likely N-dealkylation sites (tertiary alicyclic amines) is 1. The average molecular weight is 321 g/mol. The molecule has 1 N–H and O–H groups in total. The van der Waals surface area contributed by atoms with Crippen LogP contribution >= 0.6 is 0 Å². The van der Waals surface area contributed by atoms with Gasteiger partial charge in [-0.05, 0) is 7.05 Å². The summed E-state index contributed by atoms with van der Waals surface area (Å²) >= 11 is 0. The molecule has 0 spiro atoms. The molecule has 2 atom stereocenters. The fourth-order valence-corrected chi connectivity index (χ4v) is 4.02. The third-order valence-electron chi connectivity index (χ3n) is 5.11. The van der Waals surface area contributed by atoms with Crippen molar-refractivity contribution in [3.8, 4) is 0 Å². The minimum atomic E-state index is -0.287. The van der Waals surface area contributed by atoms with Gasteiger partial charge in [-0.25, -0.2) is 0 Å². The number of amides is 1. The van der Waals surface area contributed by atoms with Crippen LogP contribution in [0.2, 0.25) is 0 Å². The summed E-state index contributed by atoms with van der Waals surface area (Å²) < 4.78 is 6.99. The first kappa shape index (κ1) is 16.4. The molecule has 3 rings (SSSR count). The van der Waals surface area contributed by atoms with Crippen molar-refractivity contribution in [1.82, 2.24) is 24.9 Å². The van der Waals surface area contributed by atoms with Gasteiger partial charge in [0.2, 0.25) is 5.91 Å². The SMILES string of the molecule is COCCN(Cc1cnn(C)c1)C(=O)[C@@]12CNC[C@@H]1CN(C)C2. The molecule has 0 bridgehead atoms. The molecule has 2 aliphatic rings. The summed E-state index contributed by atoms with van der Waals surface area (Å²) in [6, 6.07) is 0. The Balaban J connectivity index is 1.79. The molecule has 0 saturated carbocycles. The molecule has 3 heterocycles. The molecule has 7 nitrogen and oxygen atoms in total. The number of hydrogen-bond acceptors (Lipinski definition) is 5. The molecular formula is C16H27N5O2. The second-order valence-corrected chi connectivity index (χ2v) is 6.92. The number of aromatic nitrogens is 2. The van der Waals surface area contributed by atoms with Gasteiger partial charge in [-0.2, -0.15) is 5.10 Å². The molecule has 0 aromatic carbocycles. The summed E-state index contributed by atoms with van der Waals surface area (Å²) in [6.45, 7) is 5.29. The van der Waals surface area contributed by atoms with E-state index in [9.17, 15) is 4.79 Å². The summed E-state index contributed by atoms with van der Waals surface area (Å²) in [5.41, 5.74) is 0.771. The number of carbonyl (C=O) groups is 1. The van der Waals surface area contributed by atoms with Gasteiger partial charge in [0.1, 0.15) is 0 Å². The van der Waals surface area contributed by atoms with Gasteiger partial charge >= 0.3 is 0 Å². The van der Waals surface area contributed by atoms with E-state index in [1.807, 2.05) is 24.3 Å². The number of fused-ring (bicyclic) bond motifs is 1. The van der Waals surface area contributed by atoms with Crippen molar-refractivity contribution >= 4 is 5.91 Å². The summed E-state index contributed by atoms with van der Waals surface area (Å²) in [6.07, 6.45) is 3.80. The Hall–Kier alpha value is -1.44. The van der Waals surface area contributed by atoms with Gasteiger partial charge in [0.15, 0.2) is 0 Å². The molecule has 0 unspecified atom stereocenters. The Kier molecular flexibility index (Phi) is 4.70. The first-order valence-electron chi connectivity index (χ1n) is 8.20. The zero-order valence-corrected chi connectivity index (χ0v) is 14.3. The molecule has 1 aromatic heterocycles. The van der Waals surface area contributed by atoms with Crippen LogP contribution in [0.25, 0.3) is 0 Å². The molecular weight excluding hydrogens is 294 g/mol. The largest absolute Gasteiger partial charge is 0.383 e. The Bertz CT molecular complexity index is 560. The van der Waals surface area contributed by atoms with E-state index in [1.165, 1.54) is 0 Å². The Morgan fingerprint density at radius 3 is 3.09 bits per heavy atom. The van der Waals surface area contributed by atoms with Crippen molar-refractivity contribution in [3.05, 3.63) is 18.0 Å². The van der Waals surface area contributed by atoms with Crippen molar-refractivity contribution in [3.63, 3.8) is 0 Å². The van der Waals surface area contributed by atoms with Gasteiger partial charge in [-0.15, -0.1) is 0 Å². The van der Waals surface area contributed by atoms with Crippen LogP contribution in [0.3, 0.4) is 0 Å². The quantitative estimate of drug-likeness (QED) is 0.769. The maximum Gasteiger partial charge on any atom is 0.232 e. The lowest BCUT2D eigenvalue weighted by atomic mass is 9.79.